The quantitative estimate of drug-likeness (QED) is 0.870. The van der Waals surface area contributed by atoms with Gasteiger partial charge in [0.2, 0.25) is 0 Å². The normalized spacial score (nSPS) is 12.4. The van der Waals surface area contributed by atoms with Crippen molar-refractivity contribution in [1.82, 2.24) is 5.32 Å². The monoisotopic (exact) mass is 343 g/mol. The van der Waals surface area contributed by atoms with Gasteiger partial charge in [0.05, 0.1) is 22.5 Å². The van der Waals surface area contributed by atoms with Crippen LogP contribution in [0.15, 0.2) is 34.1 Å². The summed E-state index contributed by atoms with van der Waals surface area (Å²) >= 11 is 4.86. The van der Waals surface area contributed by atoms with E-state index in [4.69, 9.17) is 4.74 Å². The van der Waals surface area contributed by atoms with Crippen LogP contribution < -0.4 is 10.1 Å². The first-order valence-electron chi connectivity index (χ1n) is 5.97. The third kappa shape index (κ3) is 3.16. The summed E-state index contributed by atoms with van der Waals surface area (Å²) in [5.74, 6) is 0.605. The van der Waals surface area contributed by atoms with Crippen LogP contribution in [-0.4, -0.2) is 13.7 Å². The van der Waals surface area contributed by atoms with Gasteiger partial charge in [-0.2, -0.15) is 0 Å². The predicted octanol–water partition coefficient (Wildman–Crippen LogP) is 4.36. The Morgan fingerprint density at radius 3 is 2.84 bits per heavy atom. The molecule has 0 fully saturated rings. The fourth-order valence-corrected chi connectivity index (χ4v) is 3.30. The number of nitrogens with one attached hydrogen (secondary N) is 1. The Morgan fingerprint density at radius 1 is 1.42 bits per heavy atom. The van der Waals surface area contributed by atoms with Gasteiger partial charge in [-0.1, -0.05) is 13.0 Å². The highest BCUT2D eigenvalue weighted by molar-refractivity contribution is 9.10. The summed E-state index contributed by atoms with van der Waals surface area (Å²) in [7, 11) is 1.66. The van der Waals surface area contributed by atoms with E-state index in [9.17, 15) is 4.39 Å². The molecule has 0 amide bonds. The van der Waals surface area contributed by atoms with E-state index in [0.29, 0.717) is 4.47 Å². The van der Waals surface area contributed by atoms with Crippen molar-refractivity contribution in [2.45, 2.75) is 13.0 Å². The van der Waals surface area contributed by atoms with Crippen molar-refractivity contribution < 1.29 is 9.13 Å². The third-order valence-corrected chi connectivity index (χ3v) is 4.40. The average Bonchev–Trinajstić information content (AvgIpc) is 2.87. The minimum atomic E-state index is -0.253. The van der Waals surface area contributed by atoms with Gasteiger partial charge in [0, 0.05) is 0 Å². The lowest BCUT2D eigenvalue weighted by atomic mass is 10.0. The van der Waals surface area contributed by atoms with Gasteiger partial charge in [-0.3, -0.25) is 0 Å². The van der Waals surface area contributed by atoms with E-state index in [-0.39, 0.29) is 11.9 Å². The van der Waals surface area contributed by atoms with Crippen molar-refractivity contribution in [1.29, 1.82) is 0 Å². The van der Waals surface area contributed by atoms with E-state index in [1.165, 1.54) is 6.07 Å². The van der Waals surface area contributed by atoms with Gasteiger partial charge >= 0.3 is 0 Å². The van der Waals surface area contributed by atoms with Crippen LogP contribution in [0.3, 0.4) is 0 Å². The number of hydrogen-bond donors (Lipinski definition) is 1. The minimum absolute atomic E-state index is 0.0110. The Bertz CT molecular complexity index is 558. The molecule has 102 valence electrons. The highest BCUT2D eigenvalue weighted by Crippen LogP contribution is 2.35. The number of thiophene rings is 1. The van der Waals surface area contributed by atoms with Gasteiger partial charge in [0.1, 0.15) is 11.6 Å². The van der Waals surface area contributed by atoms with Gasteiger partial charge in [-0.15, -0.1) is 11.3 Å². The molecule has 1 unspecified atom stereocenters. The van der Waals surface area contributed by atoms with Crippen LogP contribution >= 0.6 is 27.3 Å². The number of hydrogen-bond acceptors (Lipinski definition) is 3. The van der Waals surface area contributed by atoms with Crippen LogP contribution in [0.1, 0.15) is 23.4 Å². The molecule has 19 heavy (non-hydrogen) atoms. The molecule has 1 aromatic heterocycles. The zero-order chi connectivity index (χ0) is 13.8. The van der Waals surface area contributed by atoms with Crippen LogP contribution in [0.5, 0.6) is 5.75 Å². The van der Waals surface area contributed by atoms with E-state index in [0.717, 1.165) is 22.7 Å². The molecule has 0 saturated carbocycles. The second kappa shape index (κ2) is 6.50. The molecule has 0 radical (unpaired) electrons. The molecule has 0 spiro atoms. The molecule has 2 rings (SSSR count). The molecule has 0 saturated heterocycles. The Labute approximate surface area is 124 Å². The molecule has 1 aromatic carbocycles. The summed E-state index contributed by atoms with van der Waals surface area (Å²) < 4.78 is 19.2. The lowest BCUT2D eigenvalue weighted by Crippen LogP contribution is -2.21. The first kappa shape index (κ1) is 14.5. The molecule has 0 bridgehead atoms. The summed E-state index contributed by atoms with van der Waals surface area (Å²) in [5, 5.41) is 5.41. The lowest BCUT2D eigenvalue weighted by molar-refractivity contribution is 0.408. The molecular weight excluding hydrogens is 329 g/mol. The molecule has 0 aliphatic rings. The van der Waals surface area contributed by atoms with Crippen LogP contribution in [0.2, 0.25) is 0 Å². The van der Waals surface area contributed by atoms with Gasteiger partial charge in [0.25, 0.3) is 0 Å². The van der Waals surface area contributed by atoms with Crippen molar-refractivity contribution in [3.8, 4) is 5.75 Å². The standard InChI is InChI=1S/C14H15BrFNOS/c1-3-17-13(14-12(18-2)6-7-19-14)9-4-5-11(16)10(15)8-9/h4-8,13,17H,3H2,1-2H3. The first-order valence-corrected chi connectivity index (χ1v) is 7.64. The van der Waals surface area contributed by atoms with Gasteiger partial charge in [-0.05, 0) is 51.6 Å². The zero-order valence-electron chi connectivity index (χ0n) is 10.7. The lowest BCUT2D eigenvalue weighted by Gasteiger charge is -2.19. The number of ether oxygens (including phenoxy) is 1. The smallest absolute Gasteiger partial charge is 0.137 e. The second-order valence-electron chi connectivity index (χ2n) is 4.02. The topological polar surface area (TPSA) is 21.3 Å². The number of benzene rings is 1. The van der Waals surface area contributed by atoms with Crippen LogP contribution in [0, 0.1) is 5.82 Å². The van der Waals surface area contributed by atoms with Crippen molar-refractivity contribution >= 4 is 27.3 Å². The summed E-state index contributed by atoms with van der Waals surface area (Å²) in [6.07, 6.45) is 0. The molecule has 1 atom stereocenters. The number of rotatable bonds is 5. The third-order valence-electron chi connectivity index (χ3n) is 2.82. The Balaban J connectivity index is 2.42. The molecule has 5 heteroatoms. The molecule has 0 aliphatic heterocycles. The van der Waals surface area contributed by atoms with Gasteiger partial charge in [0.15, 0.2) is 0 Å². The second-order valence-corrected chi connectivity index (χ2v) is 5.82. The molecule has 2 nitrogen and oxygen atoms in total. The Kier molecular flexibility index (Phi) is 4.96. The fourth-order valence-electron chi connectivity index (χ4n) is 1.95. The highest BCUT2D eigenvalue weighted by atomic mass is 79.9. The van der Waals surface area contributed by atoms with E-state index < -0.39 is 0 Å². The summed E-state index contributed by atoms with van der Waals surface area (Å²) in [5.41, 5.74) is 1.01. The molecule has 2 aromatic rings. The summed E-state index contributed by atoms with van der Waals surface area (Å²) in [6.45, 7) is 2.87. The van der Waals surface area contributed by atoms with Crippen molar-refractivity contribution in [3.63, 3.8) is 0 Å². The van der Waals surface area contributed by atoms with Crippen molar-refractivity contribution in [2.75, 3.05) is 13.7 Å². The van der Waals surface area contributed by atoms with E-state index in [1.807, 2.05) is 24.4 Å². The highest BCUT2D eigenvalue weighted by Gasteiger charge is 2.19. The maximum atomic E-state index is 13.3. The van der Waals surface area contributed by atoms with Crippen LogP contribution in [0.25, 0.3) is 0 Å². The molecule has 1 N–H and O–H groups in total. The summed E-state index contributed by atoms with van der Waals surface area (Å²) in [6, 6.07) is 7.04. The summed E-state index contributed by atoms with van der Waals surface area (Å²) in [4.78, 5) is 1.10. The first-order chi connectivity index (χ1) is 9.17. The largest absolute Gasteiger partial charge is 0.496 e. The average molecular weight is 344 g/mol. The number of halogens is 2. The molecular formula is C14H15BrFNOS. The SMILES string of the molecule is CCNC(c1ccc(F)c(Br)c1)c1sccc1OC. The Morgan fingerprint density at radius 2 is 2.21 bits per heavy atom. The van der Waals surface area contributed by atoms with E-state index in [1.54, 1.807) is 24.5 Å². The van der Waals surface area contributed by atoms with Crippen molar-refractivity contribution in [3.05, 3.63) is 50.4 Å². The zero-order valence-corrected chi connectivity index (χ0v) is 13.1. The van der Waals surface area contributed by atoms with Crippen LogP contribution in [-0.2, 0) is 0 Å². The maximum Gasteiger partial charge on any atom is 0.137 e. The van der Waals surface area contributed by atoms with Crippen molar-refractivity contribution in [2.24, 2.45) is 0 Å². The van der Waals surface area contributed by atoms with E-state index >= 15 is 0 Å². The minimum Gasteiger partial charge on any atom is -0.496 e. The molecule has 0 aliphatic carbocycles. The predicted molar refractivity (Wildman–Crippen MR) is 80.5 cm³/mol. The maximum absolute atomic E-state index is 13.3. The van der Waals surface area contributed by atoms with Crippen LogP contribution in [0.4, 0.5) is 4.39 Å². The molecule has 1 heterocycles. The number of methoxy groups -OCH3 is 1. The van der Waals surface area contributed by atoms with Gasteiger partial charge in [-0.25, -0.2) is 4.39 Å². The fraction of sp³-hybridized carbons (Fsp3) is 0.286. The Hall–Kier alpha value is -0.910. The van der Waals surface area contributed by atoms with Gasteiger partial charge < -0.3 is 10.1 Å². The van der Waals surface area contributed by atoms with E-state index in [2.05, 4.69) is 21.2 Å².